The standard InChI is InChI=1S/C22H31NO3/c1-12-13-4-7-22(17(12)24)15(10-13)21-6-3-5-20(2)14(21)11-16(22)26-19(21)23-8-9-25-18(20)23/h13-19,24H,1,3-11H2,2H3/t13-,14+,15-,16+,17-,18?,19-,20+,21-,22+/m0/s1/i8+1,23+1. The Morgan fingerprint density at radius 3 is 2.88 bits per heavy atom. The van der Waals surface area contributed by atoms with Crippen LogP contribution in [0, 0.1) is 34.0 Å². The Bertz CT molecular complexity index is 710. The van der Waals surface area contributed by atoms with Gasteiger partial charge in [-0.3, -0.25) is 0 Å². The number of aliphatic hydroxyl groups excluding tert-OH is 1. The average Bonchev–Trinajstić information content (AvgIpc) is 3.14. The summed E-state index contributed by atoms with van der Waals surface area (Å²) in [6.07, 6.45) is 8.94. The van der Waals surface area contributed by atoms with E-state index in [1.807, 2.05) is 0 Å². The molecule has 1 N–H and O–H groups in total. The average molecular weight is 359 g/mol. The van der Waals surface area contributed by atoms with E-state index in [0.717, 1.165) is 31.6 Å². The van der Waals surface area contributed by atoms with E-state index in [1.165, 1.54) is 32.1 Å². The molecule has 9 fully saturated rings. The fraction of sp³-hybridized carbons (Fsp3) is 0.909. The van der Waals surface area contributed by atoms with Crippen molar-refractivity contribution in [1.82, 2.24) is 4.90 Å². The minimum Gasteiger partial charge on any atom is -0.388 e. The van der Waals surface area contributed by atoms with Crippen LogP contribution in [0.5, 0.6) is 0 Å². The topological polar surface area (TPSA) is 41.9 Å². The Hall–Kier alpha value is -0.420. The van der Waals surface area contributed by atoms with Gasteiger partial charge in [0.25, 0.3) is 0 Å². The van der Waals surface area contributed by atoms with Gasteiger partial charge in [-0.1, -0.05) is 19.9 Å². The Balaban J connectivity index is 1.45. The molecule has 5 saturated carbocycles. The summed E-state index contributed by atoms with van der Waals surface area (Å²) < 4.78 is 13.2. The van der Waals surface area contributed by atoms with E-state index in [4.69, 9.17) is 9.47 Å². The highest BCUT2D eigenvalue weighted by Gasteiger charge is 2.80. The van der Waals surface area contributed by atoms with Crippen molar-refractivity contribution in [3.63, 3.8) is 0 Å². The van der Waals surface area contributed by atoms with Crippen molar-refractivity contribution >= 4 is 0 Å². The molecule has 4 heteroatoms. The zero-order valence-corrected chi connectivity index (χ0v) is 15.8. The van der Waals surface area contributed by atoms with Crippen molar-refractivity contribution in [3.05, 3.63) is 12.2 Å². The first-order valence-corrected chi connectivity index (χ1v) is 10.9. The number of fused-ring (bicyclic) bond motifs is 4. The molecular formula is C22H31NO3. The van der Waals surface area contributed by atoms with Crippen LogP contribution in [0.1, 0.15) is 51.9 Å². The maximum atomic E-state index is 11.4. The molecule has 0 aromatic rings. The normalized spacial score (nSPS) is 65.2. The van der Waals surface area contributed by atoms with E-state index in [-0.39, 0.29) is 40.9 Å². The van der Waals surface area contributed by atoms with Crippen LogP contribution < -0.4 is 0 Å². The van der Waals surface area contributed by atoms with Crippen LogP contribution in [0.4, 0.5) is 0 Å². The lowest BCUT2D eigenvalue weighted by Gasteiger charge is -2.80. The Kier molecular flexibility index (Phi) is 2.64. The maximum absolute atomic E-state index is 11.4. The van der Waals surface area contributed by atoms with E-state index in [0.29, 0.717) is 17.8 Å². The van der Waals surface area contributed by atoms with Gasteiger partial charge >= 0.3 is 0 Å². The van der Waals surface area contributed by atoms with Crippen LogP contribution in [-0.2, 0) is 9.47 Å². The van der Waals surface area contributed by atoms with Crippen molar-refractivity contribution in [2.45, 2.75) is 76.5 Å². The molecule has 9 aliphatic rings. The van der Waals surface area contributed by atoms with Gasteiger partial charge in [0, 0.05) is 22.8 Å². The molecule has 5 aliphatic carbocycles. The highest BCUT2D eigenvalue weighted by molar-refractivity contribution is 5.32. The molecule has 4 aliphatic heterocycles. The fourth-order valence-corrected chi connectivity index (χ4v) is 9.72. The quantitative estimate of drug-likeness (QED) is 0.410. The number of hydrogen-bond acceptors (Lipinski definition) is 4. The highest BCUT2D eigenvalue weighted by atomic mass is 16.6. The molecule has 4 nitrogen and oxygen atoms in total. The minimum absolute atomic E-state index is 0.0511. The van der Waals surface area contributed by atoms with Gasteiger partial charge in [0.2, 0.25) is 0 Å². The third kappa shape index (κ3) is 1.32. The fourth-order valence-electron chi connectivity index (χ4n) is 9.72. The van der Waals surface area contributed by atoms with Gasteiger partial charge in [0.15, 0.2) is 0 Å². The Morgan fingerprint density at radius 2 is 2.00 bits per heavy atom. The monoisotopic (exact) mass is 359 g/mol. The van der Waals surface area contributed by atoms with E-state index in [9.17, 15) is 5.11 Å². The summed E-state index contributed by atoms with van der Waals surface area (Å²) in [6.45, 7) is 8.71. The van der Waals surface area contributed by atoms with E-state index >= 15 is 0 Å². The van der Waals surface area contributed by atoms with Crippen molar-refractivity contribution < 1.29 is 14.6 Å². The van der Waals surface area contributed by atoms with Gasteiger partial charge in [0.1, 0.15) is 12.5 Å². The van der Waals surface area contributed by atoms with E-state index in [2.05, 4.69) is 18.4 Å². The summed E-state index contributed by atoms with van der Waals surface area (Å²) in [5, 5.41) is 11.4. The Labute approximate surface area is 155 Å². The van der Waals surface area contributed by atoms with Gasteiger partial charge in [-0.15, -0.1) is 0 Å². The zero-order chi connectivity index (χ0) is 17.5. The number of piperidine rings is 1. The van der Waals surface area contributed by atoms with Crippen LogP contribution in [0.3, 0.4) is 0 Å². The smallest absolute Gasteiger partial charge is 0.119 e. The molecule has 2 spiro atoms. The first kappa shape index (κ1) is 15.5. The number of rotatable bonds is 0. The van der Waals surface area contributed by atoms with Gasteiger partial charge in [0.05, 0.1) is 18.8 Å². The molecule has 9 rings (SSSR count). The summed E-state index contributed by atoms with van der Waals surface area (Å²) in [5.74, 6) is 1.84. The third-order valence-electron chi connectivity index (χ3n) is 10.5. The minimum atomic E-state index is -0.345. The number of ether oxygens (including phenoxy) is 2. The molecule has 0 aromatic carbocycles. The lowest BCUT2D eigenvalue weighted by Crippen LogP contribution is -2.83. The van der Waals surface area contributed by atoms with Crippen LogP contribution in [0.25, 0.3) is 0 Å². The molecule has 4 heterocycles. The summed E-state index contributed by atoms with van der Waals surface area (Å²) in [7, 11) is 0. The summed E-state index contributed by atoms with van der Waals surface area (Å²) >= 11 is 0. The molecule has 7 bridgehead atoms. The molecular weight excluding hydrogens is 328 g/mol. The van der Waals surface area contributed by atoms with Crippen molar-refractivity contribution in [2.75, 3.05) is 13.2 Å². The zero-order valence-electron chi connectivity index (χ0n) is 15.8. The molecule has 4 saturated heterocycles. The van der Waals surface area contributed by atoms with E-state index < -0.39 is 0 Å². The van der Waals surface area contributed by atoms with Gasteiger partial charge in [-0.05, 0) is 61.9 Å². The van der Waals surface area contributed by atoms with Crippen molar-refractivity contribution in [3.8, 4) is 0 Å². The summed E-state index contributed by atoms with van der Waals surface area (Å²) in [4.78, 5) is 2.60. The second kappa shape index (κ2) is 4.42. The van der Waals surface area contributed by atoms with E-state index in [1.54, 1.807) is 0 Å². The molecule has 10 atom stereocenters. The highest BCUT2D eigenvalue weighted by Crippen LogP contribution is 2.79. The SMILES string of the molecule is C=C1[C@H]2CC[C@]3([C@@H](C2)[C@@]24CCC[C@@]5(C)C6OC[13CH2][15N]6[C@H]2O[C@@H]3C[C@@H]45)[C@H]1O. The van der Waals surface area contributed by atoms with Crippen LogP contribution in [0.2, 0.25) is 0 Å². The van der Waals surface area contributed by atoms with Gasteiger partial charge in [-0.25, -0.2) is 4.90 Å². The molecule has 1 unspecified atom stereocenters. The van der Waals surface area contributed by atoms with Crippen molar-refractivity contribution in [1.29, 1.82) is 0 Å². The summed E-state index contributed by atoms with van der Waals surface area (Å²) in [5.41, 5.74) is 1.55. The van der Waals surface area contributed by atoms with Crippen LogP contribution in [0.15, 0.2) is 12.2 Å². The number of nitrogens with zero attached hydrogens (tertiary/aromatic N) is 1. The van der Waals surface area contributed by atoms with Crippen LogP contribution >= 0.6 is 0 Å². The first-order valence-electron chi connectivity index (χ1n) is 10.9. The third-order valence-corrected chi connectivity index (χ3v) is 10.5. The Morgan fingerprint density at radius 1 is 1.12 bits per heavy atom. The first-order chi connectivity index (χ1) is 12.5. The summed E-state index contributed by atoms with van der Waals surface area (Å²) in [6, 6.07) is 0. The second-order valence-electron chi connectivity index (χ2n) is 10.8. The predicted octanol–water partition coefficient (Wildman–Crippen LogP) is 2.91. The van der Waals surface area contributed by atoms with Gasteiger partial charge in [-0.2, -0.15) is 0 Å². The number of hydrogen-bond donors (Lipinski definition) is 1. The van der Waals surface area contributed by atoms with Gasteiger partial charge < -0.3 is 14.6 Å². The predicted molar refractivity (Wildman–Crippen MR) is 96.0 cm³/mol. The molecule has 0 aromatic heterocycles. The molecule has 0 amide bonds. The molecule has 142 valence electrons. The largest absolute Gasteiger partial charge is 0.388 e. The number of aliphatic hydroxyl groups is 1. The maximum Gasteiger partial charge on any atom is 0.119 e. The second-order valence-corrected chi connectivity index (χ2v) is 10.8. The lowest BCUT2D eigenvalue weighted by atomic mass is 9.32. The van der Waals surface area contributed by atoms with Crippen molar-refractivity contribution in [2.24, 2.45) is 34.0 Å². The molecule has 0 radical (unpaired) electrons. The lowest BCUT2D eigenvalue weighted by molar-refractivity contribution is -0.422. The van der Waals surface area contributed by atoms with Crippen LogP contribution in [-0.4, -0.2) is 47.8 Å². The molecule has 26 heavy (non-hydrogen) atoms.